The summed E-state index contributed by atoms with van der Waals surface area (Å²) >= 11 is 6.16. The van der Waals surface area contributed by atoms with E-state index in [1.165, 1.54) is 12.1 Å². The van der Waals surface area contributed by atoms with Gasteiger partial charge in [0, 0.05) is 22.6 Å². The molecule has 2 aromatic carbocycles. The maximum Gasteiger partial charge on any atom is 0.150 e. The van der Waals surface area contributed by atoms with Crippen LogP contribution in [-0.4, -0.2) is 41.8 Å². The predicted octanol–water partition coefficient (Wildman–Crippen LogP) is 3.86. The molecule has 0 amide bonds. The first-order valence-electron chi connectivity index (χ1n) is 7.98. The van der Waals surface area contributed by atoms with Crippen molar-refractivity contribution in [3.05, 3.63) is 59.0 Å². The third kappa shape index (κ3) is 3.63. The molecule has 132 valence electrons. The minimum atomic E-state index is -0.309. The molecule has 0 atom stereocenters. The molecular formula is C19H20ClFN2O2. The first kappa shape index (κ1) is 17.7. The molecule has 0 bridgehead atoms. The van der Waals surface area contributed by atoms with Crippen LogP contribution in [-0.2, 0) is 6.61 Å². The lowest BCUT2D eigenvalue weighted by molar-refractivity contribution is 0.241. The number of halogens is 2. The first-order valence-corrected chi connectivity index (χ1v) is 8.36. The van der Waals surface area contributed by atoms with E-state index in [2.05, 4.69) is 0 Å². The van der Waals surface area contributed by atoms with E-state index in [4.69, 9.17) is 16.3 Å². The highest BCUT2D eigenvalue weighted by Gasteiger charge is 2.19. The van der Waals surface area contributed by atoms with Crippen LogP contribution in [0, 0.1) is 5.82 Å². The molecule has 1 heterocycles. The van der Waals surface area contributed by atoms with Crippen LogP contribution in [0.2, 0.25) is 5.02 Å². The number of rotatable bonds is 6. The van der Waals surface area contributed by atoms with E-state index in [0.717, 1.165) is 23.1 Å². The molecule has 25 heavy (non-hydrogen) atoms. The molecule has 0 fully saturated rings. The van der Waals surface area contributed by atoms with E-state index in [9.17, 15) is 9.50 Å². The molecule has 0 aliphatic carbocycles. The molecule has 4 nitrogen and oxygen atoms in total. The predicted molar refractivity (Wildman–Crippen MR) is 98.2 cm³/mol. The fraction of sp³-hybridized carbons (Fsp3) is 0.263. The number of hydrogen-bond donors (Lipinski definition) is 1. The highest BCUT2D eigenvalue weighted by molar-refractivity contribution is 6.31. The van der Waals surface area contributed by atoms with Crippen LogP contribution in [0.5, 0.6) is 5.75 Å². The van der Waals surface area contributed by atoms with Crippen LogP contribution < -0.4 is 4.74 Å². The summed E-state index contributed by atoms with van der Waals surface area (Å²) in [6.07, 6.45) is 0. The van der Waals surface area contributed by atoms with Gasteiger partial charge in [-0.2, -0.15) is 0 Å². The summed E-state index contributed by atoms with van der Waals surface area (Å²) in [4.78, 5) is 2.02. The Labute approximate surface area is 151 Å². The van der Waals surface area contributed by atoms with Crippen molar-refractivity contribution in [2.45, 2.75) is 6.61 Å². The van der Waals surface area contributed by atoms with Gasteiger partial charge in [-0.1, -0.05) is 11.6 Å². The van der Waals surface area contributed by atoms with Gasteiger partial charge < -0.3 is 19.3 Å². The first-order chi connectivity index (χ1) is 12.0. The minimum Gasteiger partial charge on any atom is -0.490 e. The van der Waals surface area contributed by atoms with Crippen molar-refractivity contribution in [3.63, 3.8) is 0 Å². The van der Waals surface area contributed by atoms with Crippen molar-refractivity contribution in [3.8, 4) is 11.4 Å². The lowest BCUT2D eigenvalue weighted by Gasteiger charge is -2.13. The fourth-order valence-corrected chi connectivity index (χ4v) is 2.98. The third-order valence-electron chi connectivity index (χ3n) is 4.00. The second-order valence-electron chi connectivity index (χ2n) is 6.06. The molecule has 6 heteroatoms. The summed E-state index contributed by atoms with van der Waals surface area (Å²) in [5, 5.41) is 11.4. The molecular weight excluding hydrogens is 343 g/mol. The Balaban J connectivity index is 2.16. The maximum atomic E-state index is 13.3. The van der Waals surface area contributed by atoms with Crippen LogP contribution >= 0.6 is 11.6 Å². The number of aromatic nitrogens is 1. The van der Waals surface area contributed by atoms with Crippen LogP contribution in [0.1, 0.15) is 5.69 Å². The van der Waals surface area contributed by atoms with Crippen LogP contribution in [0.3, 0.4) is 0 Å². The van der Waals surface area contributed by atoms with E-state index >= 15 is 0 Å². The Morgan fingerprint density at radius 1 is 1.16 bits per heavy atom. The molecule has 3 aromatic rings. The number of aliphatic hydroxyl groups is 1. The minimum absolute atomic E-state index is 0.207. The summed E-state index contributed by atoms with van der Waals surface area (Å²) in [7, 11) is 3.93. The summed E-state index contributed by atoms with van der Waals surface area (Å²) in [5.74, 6) is 0.294. The zero-order valence-electron chi connectivity index (χ0n) is 14.2. The average molecular weight is 363 g/mol. The van der Waals surface area contributed by atoms with Gasteiger partial charge in [-0.3, -0.25) is 0 Å². The molecule has 0 radical (unpaired) electrons. The molecule has 0 unspecified atom stereocenters. The van der Waals surface area contributed by atoms with Gasteiger partial charge in [-0.25, -0.2) is 4.39 Å². The number of hydrogen-bond acceptors (Lipinski definition) is 3. The molecule has 0 aliphatic rings. The second-order valence-corrected chi connectivity index (χ2v) is 6.50. The smallest absolute Gasteiger partial charge is 0.150 e. The maximum absolute atomic E-state index is 13.3. The second kappa shape index (κ2) is 7.44. The third-order valence-corrected chi connectivity index (χ3v) is 4.23. The van der Waals surface area contributed by atoms with Gasteiger partial charge in [0.05, 0.1) is 17.8 Å². The zero-order valence-corrected chi connectivity index (χ0v) is 14.9. The highest BCUT2D eigenvalue weighted by atomic mass is 35.5. The number of benzene rings is 2. The van der Waals surface area contributed by atoms with Gasteiger partial charge in [0.15, 0.2) is 5.75 Å². The average Bonchev–Trinajstić information content (AvgIpc) is 2.88. The van der Waals surface area contributed by atoms with Crippen LogP contribution in [0.4, 0.5) is 4.39 Å². The zero-order chi connectivity index (χ0) is 18.0. The Bertz CT molecular complexity index is 875. The Kier molecular flexibility index (Phi) is 5.27. The number of aliphatic hydroxyl groups excluding tert-OH is 1. The normalized spacial score (nSPS) is 11.4. The van der Waals surface area contributed by atoms with Gasteiger partial charge in [-0.15, -0.1) is 0 Å². The van der Waals surface area contributed by atoms with Crippen molar-refractivity contribution in [2.75, 3.05) is 27.2 Å². The fourth-order valence-electron chi connectivity index (χ4n) is 2.81. The number of ether oxygens (including phenoxy) is 1. The van der Waals surface area contributed by atoms with Gasteiger partial charge in [0.25, 0.3) is 0 Å². The quantitative estimate of drug-likeness (QED) is 0.723. The molecule has 1 aromatic heterocycles. The van der Waals surface area contributed by atoms with E-state index < -0.39 is 0 Å². The lowest BCUT2D eigenvalue weighted by Crippen LogP contribution is -2.19. The van der Waals surface area contributed by atoms with Gasteiger partial charge in [0.2, 0.25) is 0 Å². The molecule has 0 aliphatic heterocycles. The number of fused-ring (bicyclic) bond motifs is 1. The molecule has 0 saturated heterocycles. The molecule has 1 N–H and O–H groups in total. The van der Waals surface area contributed by atoms with E-state index in [1.807, 2.05) is 35.7 Å². The summed E-state index contributed by atoms with van der Waals surface area (Å²) in [6.45, 7) is 1.02. The van der Waals surface area contributed by atoms with E-state index in [0.29, 0.717) is 23.1 Å². The van der Waals surface area contributed by atoms with E-state index in [-0.39, 0.29) is 12.4 Å². The van der Waals surface area contributed by atoms with Crippen molar-refractivity contribution < 1.29 is 14.2 Å². The topological polar surface area (TPSA) is 37.6 Å². The highest BCUT2D eigenvalue weighted by Crippen LogP contribution is 2.37. The van der Waals surface area contributed by atoms with Gasteiger partial charge in [0.1, 0.15) is 12.4 Å². The van der Waals surface area contributed by atoms with Gasteiger partial charge >= 0.3 is 0 Å². The van der Waals surface area contributed by atoms with Crippen molar-refractivity contribution in [1.82, 2.24) is 9.47 Å². The Hall–Kier alpha value is -2.08. The largest absolute Gasteiger partial charge is 0.490 e. The van der Waals surface area contributed by atoms with Crippen molar-refractivity contribution >= 4 is 22.5 Å². The van der Waals surface area contributed by atoms with Crippen molar-refractivity contribution in [2.24, 2.45) is 0 Å². The molecule has 0 spiro atoms. The summed E-state index contributed by atoms with van der Waals surface area (Å²) < 4.78 is 21.1. The van der Waals surface area contributed by atoms with Crippen LogP contribution in [0.15, 0.2) is 42.5 Å². The Morgan fingerprint density at radius 3 is 2.52 bits per heavy atom. The number of likely N-dealkylation sites (N-methyl/N-ethyl adjacent to an activating group) is 1. The number of nitrogens with zero attached hydrogens (tertiary/aromatic N) is 2. The monoisotopic (exact) mass is 362 g/mol. The standard InChI is InChI=1S/C19H20ClFN2O2/c1-22(2)9-10-25-19-16-11-13(20)3-8-17(16)23(18(19)12-24)15-6-4-14(21)5-7-15/h3-8,11,24H,9-10,12H2,1-2H3. The summed E-state index contributed by atoms with van der Waals surface area (Å²) in [6, 6.07) is 11.6. The van der Waals surface area contributed by atoms with Crippen molar-refractivity contribution in [1.29, 1.82) is 0 Å². The van der Waals surface area contributed by atoms with Gasteiger partial charge in [-0.05, 0) is 56.6 Å². The summed E-state index contributed by atoms with van der Waals surface area (Å²) in [5.41, 5.74) is 2.21. The molecule has 0 saturated carbocycles. The van der Waals surface area contributed by atoms with E-state index in [1.54, 1.807) is 18.2 Å². The SMILES string of the molecule is CN(C)CCOc1c(CO)n(-c2ccc(F)cc2)c2ccc(Cl)cc12. The Morgan fingerprint density at radius 2 is 1.88 bits per heavy atom. The van der Waals surface area contributed by atoms with Crippen LogP contribution in [0.25, 0.3) is 16.6 Å². The lowest BCUT2D eigenvalue weighted by atomic mass is 10.2. The molecule has 3 rings (SSSR count).